The van der Waals surface area contributed by atoms with E-state index < -0.39 is 28.5 Å². The summed E-state index contributed by atoms with van der Waals surface area (Å²) in [5.41, 5.74) is 1.88. The maximum atomic E-state index is 14.0. The SMILES string of the molecule is CCCCNC(=O)[C@@H](C)N(Cc1ccccc1Cl)C(=O)CN(c1ccc(C)cc1)S(=O)(=O)c1ccc(OC)c(Br)c1. The van der Waals surface area contributed by atoms with Crippen molar-refractivity contribution in [2.75, 3.05) is 24.5 Å². The first-order valence-electron chi connectivity index (χ1n) is 13.2. The number of halogens is 2. The lowest BCUT2D eigenvalue weighted by Crippen LogP contribution is -2.51. The third-order valence-corrected chi connectivity index (χ3v) is 9.37. The highest BCUT2D eigenvalue weighted by Crippen LogP contribution is 2.31. The molecule has 0 radical (unpaired) electrons. The minimum absolute atomic E-state index is 0.0245. The first kappa shape index (κ1) is 32.4. The van der Waals surface area contributed by atoms with Crippen molar-refractivity contribution in [3.63, 3.8) is 0 Å². The molecule has 41 heavy (non-hydrogen) atoms. The van der Waals surface area contributed by atoms with E-state index >= 15 is 0 Å². The quantitative estimate of drug-likeness (QED) is 0.228. The second-order valence-electron chi connectivity index (χ2n) is 9.58. The Bertz CT molecular complexity index is 1470. The molecule has 11 heteroatoms. The lowest BCUT2D eigenvalue weighted by molar-refractivity contribution is -0.139. The van der Waals surface area contributed by atoms with Crippen LogP contribution in [0.15, 0.2) is 76.1 Å². The molecule has 1 atom stereocenters. The zero-order valence-corrected chi connectivity index (χ0v) is 26.7. The van der Waals surface area contributed by atoms with Crippen LogP contribution in [0.4, 0.5) is 5.69 Å². The molecule has 0 unspecified atom stereocenters. The van der Waals surface area contributed by atoms with E-state index in [0.717, 1.165) is 22.7 Å². The van der Waals surface area contributed by atoms with Crippen molar-refractivity contribution in [1.82, 2.24) is 10.2 Å². The highest BCUT2D eigenvalue weighted by Gasteiger charge is 2.33. The molecule has 8 nitrogen and oxygen atoms in total. The number of ether oxygens (including phenoxy) is 1. The fraction of sp³-hybridized carbons (Fsp3) is 0.333. The summed E-state index contributed by atoms with van der Waals surface area (Å²) in [6.07, 6.45) is 1.70. The molecular weight excluding hydrogens is 630 g/mol. The van der Waals surface area contributed by atoms with Gasteiger partial charge in [0.05, 0.1) is 22.2 Å². The summed E-state index contributed by atoms with van der Waals surface area (Å²) < 4.78 is 34.8. The minimum Gasteiger partial charge on any atom is -0.496 e. The molecule has 0 heterocycles. The van der Waals surface area contributed by atoms with E-state index in [9.17, 15) is 18.0 Å². The summed E-state index contributed by atoms with van der Waals surface area (Å²) in [5.74, 6) is -0.418. The minimum atomic E-state index is -4.21. The van der Waals surface area contributed by atoms with E-state index in [2.05, 4.69) is 21.2 Å². The van der Waals surface area contributed by atoms with E-state index in [-0.39, 0.29) is 17.3 Å². The van der Waals surface area contributed by atoms with Crippen LogP contribution < -0.4 is 14.4 Å². The van der Waals surface area contributed by atoms with Crippen molar-refractivity contribution in [3.05, 3.63) is 87.4 Å². The van der Waals surface area contributed by atoms with Crippen LogP contribution >= 0.6 is 27.5 Å². The Hall–Kier alpha value is -3.08. The molecule has 0 fully saturated rings. The fourth-order valence-corrected chi connectivity index (χ4v) is 6.43. The van der Waals surface area contributed by atoms with Gasteiger partial charge in [0.25, 0.3) is 10.0 Å². The normalized spacial score (nSPS) is 12.0. The largest absolute Gasteiger partial charge is 0.496 e. The van der Waals surface area contributed by atoms with Gasteiger partial charge < -0.3 is 15.0 Å². The lowest BCUT2D eigenvalue weighted by Gasteiger charge is -2.32. The molecule has 220 valence electrons. The maximum absolute atomic E-state index is 14.0. The summed E-state index contributed by atoms with van der Waals surface area (Å²) >= 11 is 9.76. The van der Waals surface area contributed by atoms with E-state index in [1.165, 1.54) is 24.1 Å². The molecule has 0 saturated heterocycles. The topological polar surface area (TPSA) is 96.0 Å². The molecule has 0 aromatic heterocycles. The van der Waals surface area contributed by atoms with E-state index in [1.807, 2.05) is 13.8 Å². The highest BCUT2D eigenvalue weighted by molar-refractivity contribution is 9.10. The average Bonchev–Trinajstić information content (AvgIpc) is 2.95. The Labute approximate surface area is 255 Å². The van der Waals surface area contributed by atoms with Crippen molar-refractivity contribution in [2.24, 2.45) is 0 Å². The molecule has 3 aromatic rings. The van der Waals surface area contributed by atoms with Crippen LogP contribution in [0, 0.1) is 6.92 Å². The molecule has 1 N–H and O–H groups in total. The zero-order valence-electron chi connectivity index (χ0n) is 23.6. The molecule has 0 aliphatic carbocycles. The molecule has 2 amide bonds. The van der Waals surface area contributed by atoms with Gasteiger partial charge in [-0.05, 0) is 78.2 Å². The lowest BCUT2D eigenvalue weighted by atomic mass is 10.1. The molecule has 0 aliphatic heterocycles. The average molecular weight is 665 g/mol. The van der Waals surface area contributed by atoms with Crippen LogP contribution in [0.3, 0.4) is 0 Å². The molecule has 0 bridgehead atoms. The van der Waals surface area contributed by atoms with Crippen molar-refractivity contribution in [3.8, 4) is 5.75 Å². The van der Waals surface area contributed by atoms with Gasteiger partial charge in [-0.1, -0.05) is 60.8 Å². The van der Waals surface area contributed by atoms with E-state index in [0.29, 0.717) is 33.0 Å². The summed E-state index contributed by atoms with van der Waals surface area (Å²) in [4.78, 5) is 28.4. The summed E-state index contributed by atoms with van der Waals surface area (Å²) in [7, 11) is -2.73. The van der Waals surface area contributed by atoms with Gasteiger partial charge in [-0.15, -0.1) is 0 Å². The fourth-order valence-electron chi connectivity index (χ4n) is 4.10. The standard InChI is InChI=1S/C30H35BrClN3O5S/c1-5-6-17-33-30(37)22(3)34(19-23-9-7-8-10-27(23)32)29(36)20-35(24-13-11-21(2)12-14-24)41(38,39)25-15-16-28(40-4)26(31)18-25/h7-16,18,22H,5-6,17,19-20H2,1-4H3,(H,33,37)/t22-/m1/s1. The maximum Gasteiger partial charge on any atom is 0.264 e. The summed E-state index contributed by atoms with van der Waals surface area (Å²) in [5, 5.41) is 3.31. The van der Waals surface area contributed by atoms with Crippen molar-refractivity contribution < 1.29 is 22.7 Å². The number of methoxy groups -OCH3 is 1. The molecule has 0 aliphatic rings. The predicted octanol–water partition coefficient (Wildman–Crippen LogP) is 5.95. The molecule has 0 saturated carbocycles. The first-order chi connectivity index (χ1) is 19.5. The van der Waals surface area contributed by atoms with Crippen LogP contribution in [0.1, 0.15) is 37.8 Å². The van der Waals surface area contributed by atoms with Crippen molar-refractivity contribution in [2.45, 2.75) is 51.1 Å². The Balaban J connectivity index is 2.03. The van der Waals surface area contributed by atoms with Crippen LogP contribution in [-0.2, 0) is 26.2 Å². The number of rotatable bonds is 13. The van der Waals surface area contributed by atoms with Gasteiger partial charge in [0.1, 0.15) is 18.3 Å². The monoisotopic (exact) mass is 663 g/mol. The molecule has 3 aromatic carbocycles. The smallest absolute Gasteiger partial charge is 0.264 e. The van der Waals surface area contributed by atoms with Gasteiger partial charge in [0.15, 0.2) is 0 Å². The van der Waals surface area contributed by atoms with Gasteiger partial charge in [0.2, 0.25) is 11.8 Å². The number of carbonyl (C=O) groups is 2. The summed E-state index contributed by atoms with van der Waals surface area (Å²) in [6.45, 7) is 5.50. The summed E-state index contributed by atoms with van der Waals surface area (Å²) in [6, 6.07) is 17.4. The molecule has 3 rings (SSSR count). The van der Waals surface area contributed by atoms with Crippen LogP contribution in [0.2, 0.25) is 5.02 Å². The molecular formula is C30H35BrClN3O5S. The number of hydrogen-bond acceptors (Lipinski definition) is 5. The predicted molar refractivity (Wildman–Crippen MR) is 166 cm³/mol. The van der Waals surface area contributed by atoms with E-state index in [1.54, 1.807) is 61.5 Å². The van der Waals surface area contributed by atoms with Gasteiger partial charge in [0, 0.05) is 18.1 Å². The van der Waals surface area contributed by atoms with Crippen LogP contribution in [0.5, 0.6) is 5.75 Å². The number of nitrogens with zero attached hydrogens (tertiary/aromatic N) is 2. The van der Waals surface area contributed by atoms with Gasteiger partial charge in [-0.25, -0.2) is 8.42 Å². The molecule has 0 spiro atoms. The Morgan fingerprint density at radius 2 is 1.76 bits per heavy atom. The zero-order chi connectivity index (χ0) is 30.2. The number of sulfonamides is 1. The number of nitrogens with one attached hydrogen (secondary N) is 1. The third kappa shape index (κ3) is 8.24. The number of amides is 2. The van der Waals surface area contributed by atoms with Crippen LogP contribution in [0.25, 0.3) is 0 Å². The number of benzene rings is 3. The van der Waals surface area contributed by atoms with Crippen molar-refractivity contribution in [1.29, 1.82) is 0 Å². The number of carbonyl (C=O) groups excluding carboxylic acids is 2. The second-order valence-corrected chi connectivity index (χ2v) is 12.7. The van der Waals surface area contributed by atoms with Crippen molar-refractivity contribution >= 4 is 55.1 Å². The van der Waals surface area contributed by atoms with E-state index in [4.69, 9.17) is 16.3 Å². The Kier molecular flexibility index (Phi) is 11.6. The van der Waals surface area contributed by atoms with Gasteiger partial charge >= 0.3 is 0 Å². The van der Waals surface area contributed by atoms with Gasteiger partial charge in [-0.2, -0.15) is 0 Å². The first-order valence-corrected chi connectivity index (χ1v) is 15.8. The highest BCUT2D eigenvalue weighted by atomic mass is 79.9. The number of unbranched alkanes of at least 4 members (excludes halogenated alkanes) is 1. The Morgan fingerprint density at radius 3 is 2.37 bits per heavy atom. The third-order valence-electron chi connectivity index (χ3n) is 6.61. The number of hydrogen-bond donors (Lipinski definition) is 1. The number of anilines is 1. The number of aryl methyl sites for hydroxylation is 1. The van der Waals surface area contributed by atoms with Crippen LogP contribution in [-0.4, -0.2) is 51.4 Å². The van der Waals surface area contributed by atoms with Gasteiger partial charge in [-0.3, -0.25) is 13.9 Å². The Morgan fingerprint density at radius 1 is 1.07 bits per heavy atom. The second kappa shape index (κ2) is 14.7.